The van der Waals surface area contributed by atoms with E-state index < -0.39 is 6.36 Å². The molecule has 202 valence electrons. The van der Waals surface area contributed by atoms with Gasteiger partial charge in [-0.2, -0.15) is 0 Å². The first-order valence-electron chi connectivity index (χ1n) is 12.8. The third kappa shape index (κ3) is 8.15. The molecule has 37 heavy (non-hydrogen) atoms. The van der Waals surface area contributed by atoms with Crippen LogP contribution in [-0.4, -0.2) is 51.4 Å². The predicted octanol–water partition coefficient (Wildman–Crippen LogP) is 6.78. The van der Waals surface area contributed by atoms with E-state index in [1.165, 1.54) is 25.2 Å². The number of pyridine rings is 1. The van der Waals surface area contributed by atoms with E-state index >= 15 is 0 Å². The summed E-state index contributed by atoms with van der Waals surface area (Å²) in [6.45, 7) is 6.11. The van der Waals surface area contributed by atoms with E-state index in [0.717, 1.165) is 55.0 Å². The van der Waals surface area contributed by atoms with Crippen molar-refractivity contribution in [1.29, 1.82) is 0 Å². The first-order chi connectivity index (χ1) is 17.8. The molecule has 3 aromatic rings. The van der Waals surface area contributed by atoms with Gasteiger partial charge in [0.1, 0.15) is 17.9 Å². The van der Waals surface area contributed by atoms with Crippen molar-refractivity contribution >= 4 is 5.82 Å². The van der Waals surface area contributed by atoms with E-state index in [0.29, 0.717) is 6.04 Å². The number of anilines is 1. The number of aromatic nitrogens is 3. The molecule has 0 bridgehead atoms. The van der Waals surface area contributed by atoms with Gasteiger partial charge in [-0.3, -0.25) is 4.90 Å². The van der Waals surface area contributed by atoms with Crippen LogP contribution < -0.4 is 10.1 Å². The van der Waals surface area contributed by atoms with Crippen LogP contribution in [0.4, 0.5) is 19.0 Å². The molecule has 1 saturated carbocycles. The Morgan fingerprint density at radius 2 is 1.84 bits per heavy atom. The Bertz CT molecular complexity index is 1120. The van der Waals surface area contributed by atoms with Gasteiger partial charge in [-0.1, -0.05) is 18.2 Å². The number of rotatable bonds is 5. The lowest BCUT2D eigenvalue weighted by Gasteiger charge is -2.42. The Labute approximate surface area is 219 Å². The average Bonchev–Trinajstić information content (AvgIpc) is 3.41. The van der Waals surface area contributed by atoms with Crippen molar-refractivity contribution in [2.75, 3.05) is 18.4 Å². The number of alkyl halides is 3. The lowest BCUT2D eigenvalue weighted by atomic mass is 9.78. The molecule has 0 spiro atoms. The van der Waals surface area contributed by atoms with Crippen LogP contribution in [0.1, 0.15) is 57.7 Å². The number of hydrogen-bond acceptors (Lipinski definition) is 6. The Morgan fingerprint density at radius 3 is 2.46 bits per heavy atom. The molecule has 2 aliphatic rings. The van der Waals surface area contributed by atoms with Gasteiger partial charge < -0.3 is 10.1 Å². The molecule has 3 heterocycles. The minimum absolute atomic E-state index is 0. The number of nitrogens with zero attached hydrogens (tertiary/aromatic N) is 4. The normalized spacial score (nSPS) is 22.1. The molecule has 0 unspecified atom stereocenters. The second kappa shape index (κ2) is 12.4. The number of hydrogen-bond donors (Lipinski definition) is 1. The lowest BCUT2D eigenvalue weighted by Crippen LogP contribution is -2.49. The fourth-order valence-corrected chi connectivity index (χ4v) is 5.16. The summed E-state index contributed by atoms with van der Waals surface area (Å²) in [6, 6.07) is 13.0. The molecule has 3 atom stereocenters. The second-order valence-corrected chi connectivity index (χ2v) is 9.76. The van der Waals surface area contributed by atoms with Gasteiger partial charge in [0, 0.05) is 33.0 Å². The quantitative estimate of drug-likeness (QED) is 0.403. The zero-order chi connectivity index (χ0) is 26.3. The van der Waals surface area contributed by atoms with Crippen molar-refractivity contribution in [3.8, 4) is 5.75 Å². The summed E-state index contributed by atoms with van der Waals surface area (Å²) in [4.78, 5) is 14.6. The summed E-state index contributed by atoms with van der Waals surface area (Å²) in [6.07, 6.45) is 5.65. The van der Waals surface area contributed by atoms with Crippen molar-refractivity contribution in [2.45, 2.75) is 70.3 Å². The van der Waals surface area contributed by atoms with E-state index in [9.17, 15) is 13.2 Å². The molecule has 1 aliphatic heterocycles. The number of benzene rings is 1. The van der Waals surface area contributed by atoms with Crippen LogP contribution in [0.15, 0.2) is 61.2 Å². The summed E-state index contributed by atoms with van der Waals surface area (Å²) in [5, 5.41) is 3.62. The number of halogens is 3. The molecule has 1 saturated heterocycles. The van der Waals surface area contributed by atoms with Gasteiger partial charge in [0.2, 0.25) is 0 Å². The summed E-state index contributed by atoms with van der Waals surface area (Å²) >= 11 is 0. The first kappa shape index (κ1) is 26.9. The fourth-order valence-electron chi connectivity index (χ4n) is 5.16. The molecule has 2 aromatic heterocycles. The van der Waals surface area contributed by atoms with Crippen LogP contribution in [0, 0.1) is 13.8 Å². The Kier molecular flexibility index (Phi) is 8.97. The molecule has 0 amide bonds. The summed E-state index contributed by atoms with van der Waals surface area (Å²) in [5.74, 6) is 0.965. The van der Waals surface area contributed by atoms with Crippen molar-refractivity contribution in [3.05, 3.63) is 78.0 Å². The maximum atomic E-state index is 12.6. The zero-order valence-corrected chi connectivity index (χ0v) is 21.3. The van der Waals surface area contributed by atoms with Crippen LogP contribution >= 0.6 is 0 Å². The van der Waals surface area contributed by atoms with Gasteiger partial charge in [0.05, 0.1) is 0 Å². The standard InChI is InChI=1S/C23H28F3N3O.C5H6N2.2H2/c1-16-7-10-22(27-15-16)28-20-9-8-18(14-21(20)29-11-2-3-12-29)17-5-4-6-19(13-17)30-23(24,25)26;1-5-2-3-6-4-7-5;;/h4-7,10,13,15,18,20-21H,2-3,8-9,11-12,14H2,1H3,(H,27,28);2-4H,1H3;2*1H/t18-,20-,21-;;;/m0.../s1. The lowest BCUT2D eigenvalue weighted by molar-refractivity contribution is -0.274. The third-order valence-electron chi connectivity index (χ3n) is 6.96. The van der Waals surface area contributed by atoms with Gasteiger partial charge in [0.15, 0.2) is 0 Å². The van der Waals surface area contributed by atoms with E-state index in [1.807, 2.05) is 38.2 Å². The highest BCUT2D eigenvalue weighted by atomic mass is 19.4. The van der Waals surface area contributed by atoms with E-state index in [1.54, 1.807) is 18.3 Å². The second-order valence-electron chi connectivity index (χ2n) is 9.76. The van der Waals surface area contributed by atoms with Gasteiger partial charge in [0.25, 0.3) is 0 Å². The van der Waals surface area contributed by atoms with Gasteiger partial charge >= 0.3 is 6.36 Å². The Hall–Kier alpha value is -3.20. The molecule has 5 rings (SSSR count). The molecular weight excluding hydrogens is 479 g/mol. The molecule has 9 heteroatoms. The third-order valence-corrected chi connectivity index (χ3v) is 6.96. The number of ether oxygens (including phenoxy) is 1. The van der Waals surface area contributed by atoms with Gasteiger partial charge in [-0.05, 0) is 100 Å². The smallest absolute Gasteiger partial charge is 0.406 e. The zero-order valence-electron chi connectivity index (χ0n) is 21.3. The molecule has 1 aromatic carbocycles. The fraction of sp³-hybridized carbons (Fsp3) is 0.464. The Balaban J connectivity index is 0.000000518. The van der Waals surface area contributed by atoms with Crippen LogP contribution in [0.5, 0.6) is 5.75 Å². The van der Waals surface area contributed by atoms with Crippen LogP contribution in [0.3, 0.4) is 0 Å². The highest BCUT2D eigenvalue weighted by Crippen LogP contribution is 2.38. The van der Waals surface area contributed by atoms with E-state index in [2.05, 4.69) is 36.0 Å². The van der Waals surface area contributed by atoms with E-state index in [-0.39, 0.29) is 20.6 Å². The van der Waals surface area contributed by atoms with Crippen molar-refractivity contribution in [2.24, 2.45) is 0 Å². The van der Waals surface area contributed by atoms with Gasteiger partial charge in [-0.15, -0.1) is 13.2 Å². The predicted molar refractivity (Wildman–Crippen MR) is 142 cm³/mol. The van der Waals surface area contributed by atoms with Gasteiger partial charge in [-0.25, -0.2) is 15.0 Å². The molecule has 1 aliphatic carbocycles. The van der Waals surface area contributed by atoms with Crippen LogP contribution in [0.2, 0.25) is 0 Å². The summed E-state index contributed by atoms with van der Waals surface area (Å²) < 4.78 is 42.0. The maximum absolute atomic E-state index is 12.6. The minimum atomic E-state index is -4.67. The summed E-state index contributed by atoms with van der Waals surface area (Å²) in [5.41, 5.74) is 3.06. The Morgan fingerprint density at radius 1 is 1.03 bits per heavy atom. The highest BCUT2D eigenvalue weighted by molar-refractivity contribution is 5.38. The number of likely N-dealkylation sites (tertiary alicyclic amines) is 1. The van der Waals surface area contributed by atoms with Crippen LogP contribution in [0.25, 0.3) is 0 Å². The van der Waals surface area contributed by atoms with Crippen molar-refractivity contribution < 1.29 is 20.8 Å². The minimum Gasteiger partial charge on any atom is -0.406 e. The molecular formula is C28H38F3N5O. The topological polar surface area (TPSA) is 63.2 Å². The van der Waals surface area contributed by atoms with Crippen molar-refractivity contribution in [3.63, 3.8) is 0 Å². The monoisotopic (exact) mass is 517 g/mol. The average molecular weight is 518 g/mol. The highest BCUT2D eigenvalue weighted by Gasteiger charge is 2.37. The van der Waals surface area contributed by atoms with Crippen molar-refractivity contribution in [1.82, 2.24) is 19.9 Å². The molecule has 2 fully saturated rings. The number of nitrogens with one attached hydrogen (secondary N) is 1. The molecule has 0 radical (unpaired) electrons. The SMILES string of the molecule is Cc1ccc(N[C@H]2CC[C@H](c3cccc(OC(F)(F)F)c3)C[C@@H]2N2CCCC2)nc1.Cc1ccncn1.[HH].[HH]. The largest absolute Gasteiger partial charge is 0.573 e. The number of aryl methyl sites for hydroxylation is 2. The molecule has 6 nitrogen and oxygen atoms in total. The summed E-state index contributed by atoms with van der Waals surface area (Å²) in [7, 11) is 0. The molecule has 1 N–H and O–H groups in total. The first-order valence-corrected chi connectivity index (χ1v) is 12.8. The van der Waals surface area contributed by atoms with Crippen LogP contribution in [-0.2, 0) is 0 Å². The van der Waals surface area contributed by atoms with E-state index in [4.69, 9.17) is 0 Å². The maximum Gasteiger partial charge on any atom is 0.573 e.